The number of benzene rings is 2. The Morgan fingerprint density at radius 2 is 1.55 bits per heavy atom. The molecule has 0 fully saturated rings. The first kappa shape index (κ1) is 14.4. The first-order chi connectivity index (χ1) is 9.38. The molecular weight excluding hydrogens is 246 g/mol. The van der Waals surface area contributed by atoms with Crippen LogP contribution in [0.1, 0.15) is 44.9 Å². The fraction of sp³-hybridized carbons (Fsp3) is 0.333. The molecule has 2 rings (SSSR count). The second-order valence-corrected chi connectivity index (χ2v) is 6.25. The van der Waals surface area contributed by atoms with Gasteiger partial charge in [0.05, 0.1) is 6.04 Å². The van der Waals surface area contributed by atoms with Crippen molar-refractivity contribution in [3.63, 3.8) is 0 Å². The Hall–Kier alpha value is -1.96. The van der Waals surface area contributed by atoms with Gasteiger partial charge in [0.2, 0.25) is 0 Å². The first-order valence-corrected chi connectivity index (χ1v) is 7.03. The first-order valence-electron chi connectivity index (χ1n) is 7.03. The van der Waals surface area contributed by atoms with Crippen LogP contribution in [0.4, 0.5) is 5.69 Å². The average molecular weight is 269 g/mol. The molecule has 0 aliphatic heterocycles. The number of rotatable bonds is 3. The molecule has 1 unspecified atom stereocenters. The number of anilines is 1. The van der Waals surface area contributed by atoms with Crippen LogP contribution in [0.5, 0.6) is 5.75 Å². The summed E-state index contributed by atoms with van der Waals surface area (Å²) in [6, 6.07) is 16.0. The van der Waals surface area contributed by atoms with E-state index in [1.807, 2.05) is 25.1 Å². The second-order valence-electron chi connectivity index (χ2n) is 6.25. The van der Waals surface area contributed by atoms with Crippen LogP contribution in [-0.2, 0) is 5.41 Å². The van der Waals surface area contributed by atoms with Crippen LogP contribution in [0.2, 0.25) is 0 Å². The Balaban J connectivity index is 2.13. The Bertz CT molecular complexity index is 567. The minimum absolute atomic E-state index is 0.0664. The van der Waals surface area contributed by atoms with Crippen molar-refractivity contribution in [2.75, 3.05) is 5.32 Å². The number of nitrogens with one attached hydrogen (secondary N) is 1. The van der Waals surface area contributed by atoms with Gasteiger partial charge in [-0.1, -0.05) is 51.1 Å². The van der Waals surface area contributed by atoms with E-state index in [0.29, 0.717) is 5.75 Å². The molecule has 0 saturated carbocycles. The Morgan fingerprint density at radius 1 is 0.950 bits per heavy atom. The lowest BCUT2D eigenvalue weighted by Crippen LogP contribution is -2.11. The van der Waals surface area contributed by atoms with Gasteiger partial charge in [-0.15, -0.1) is 0 Å². The maximum Gasteiger partial charge on any atom is 0.120 e. The van der Waals surface area contributed by atoms with Gasteiger partial charge >= 0.3 is 0 Å². The molecule has 0 saturated heterocycles. The molecule has 2 nitrogen and oxygen atoms in total. The highest BCUT2D eigenvalue weighted by Gasteiger charge is 2.14. The summed E-state index contributed by atoms with van der Waals surface area (Å²) >= 11 is 0. The molecule has 0 bridgehead atoms. The monoisotopic (exact) mass is 269 g/mol. The average Bonchev–Trinajstić information content (AvgIpc) is 2.38. The van der Waals surface area contributed by atoms with E-state index in [9.17, 15) is 5.11 Å². The van der Waals surface area contributed by atoms with Crippen molar-refractivity contribution in [2.45, 2.75) is 39.2 Å². The van der Waals surface area contributed by atoms with E-state index in [4.69, 9.17) is 0 Å². The third-order valence-electron chi connectivity index (χ3n) is 3.54. The lowest BCUT2D eigenvalue weighted by molar-refractivity contribution is 0.465. The van der Waals surface area contributed by atoms with Gasteiger partial charge < -0.3 is 10.4 Å². The van der Waals surface area contributed by atoms with Crippen molar-refractivity contribution in [1.82, 2.24) is 0 Å². The van der Waals surface area contributed by atoms with Crippen LogP contribution in [0.3, 0.4) is 0 Å². The van der Waals surface area contributed by atoms with E-state index >= 15 is 0 Å². The fourth-order valence-corrected chi connectivity index (χ4v) is 2.25. The SMILES string of the molecule is CC(Nc1ccc(C(C)(C)C)cc1)c1ccccc1O. The summed E-state index contributed by atoms with van der Waals surface area (Å²) in [6.07, 6.45) is 0. The Kier molecular flexibility index (Phi) is 4.03. The molecule has 0 spiro atoms. The molecule has 0 aromatic heterocycles. The molecule has 2 N–H and O–H groups in total. The largest absolute Gasteiger partial charge is 0.508 e. The van der Waals surface area contributed by atoms with E-state index < -0.39 is 0 Å². The number of phenols is 1. The van der Waals surface area contributed by atoms with Gasteiger partial charge in [-0.2, -0.15) is 0 Å². The van der Waals surface area contributed by atoms with Gasteiger partial charge in [-0.25, -0.2) is 0 Å². The second kappa shape index (κ2) is 5.58. The Labute approximate surface area is 121 Å². The van der Waals surface area contributed by atoms with Gasteiger partial charge in [0.25, 0.3) is 0 Å². The van der Waals surface area contributed by atoms with Gasteiger partial charge in [-0.3, -0.25) is 0 Å². The van der Waals surface area contributed by atoms with E-state index in [-0.39, 0.29) is 11.5 Å². The van der Waals surface area contributed by atoms with Crippen molar-refractivity contribution in [2.24, 2.45) is 0 Å². The number of hydrogen-bond donors (Lipinski definition) is 2. The quantitative estimate of drug-likeness (QED) is 0.833. The van der Waals surface area contributed by atoms with Gasteiger partial charge in [0, 0.05) is 11.3 Å². The van der Waals surface area contributed by atoms with Gasteiger partial charge in [0.15, 0.2) is 0 Å². The van der Waals surface area contributed by atoms with Crippen LogP contribution in [0.25, 0.3) is 0 Å². The van der Waals surface area contributed by atoms with Crippen LogP contribution >= 0.6 is 0 Å². The molecule has 20 heavy (non-hydrogen) atoms. The molecule has 0 radical (unpaired) electrons. The third-order valence-corrected chi connectivity index (χ3v) is 3.54. The zero-order valence-corrected chi connectivity index (χ0v) is 12.6. The summed E-state index contributed by atoms with van der Waals surface area (Å²) in [5.74, 6) is 0.332. The van der Waals surface area contributed by atoms with E-state index in [2.05, 4.69) is 50.4 Å². The predicted octanol–water partition coefficient (Wildman–Crippen LogP) is 4.86. The summed E-state index contributed by atoms with van der Waals surface area (Å²) in [5.41, 5.74) is 3.46. The summed E-state index contributed by atoms with van der Waals surface area (Å²) in [6.45, 7) is 8.67. The zero-order valence-electron chi connectivity index (χ0n) is 12.6. The zero-order chi connectivity index (χ0) is 14.8. The van der Waals surface area contributed by atoms with Crippen LogP contribution in [-0.4, -0.2) is 5.11 Å². The smallest absolute Gasteiger partial charge is 0.120 e. The van der Waals surface area contributed by atoms with Crippen molar-refractivity contribution in [3.8, 4) is 5.75 Å². The standard InChI is InChI=1S/C18H23NO/c1-13(16-7-5-6-8-17(16)20)19-15-11-9-14(10-12-15)18(2,3)4/h5-13,19-20H,1-4H3. The lowest BCUT2D eigenvalue weighted by Gasteiger charge is -2.21. The number of hydrogen-bond acceptors (Lipinski definition) is 2. The molecule has 2 heteroatoms. The summed E-state index contributed by atoms with van der Waals surface area (Å²) < 4.78 is 0. The highest BCUT2D eigenvalue weighted by atomic mass is 16.3. The molecule has 0 aliphatic carbocycles. The van der Waals surface area contributed by atoms with Crippen molar-refractivity contribution in [1.29, 1.82) is 0 Å². The van der Waals surface area contributed by atoms with Crippen LogP contribution < -0.4 is 5.32 Å². The molecule has 0 heterocycles. The van der Waals surface area contributed by atoms with Gasteiger partial charge in [-0.05, 0) is 36.1 Å². The van der Waals surface area contributed by atoms with Gasteiger partial charge in [0.1, 0.15) is 5.75 Å². The molecule has 1 atom stereocenters. The molecule has 2 aromatic rings. The van der Waals surface area contributed by atoms with E-state index in [0.717, 1.165) is 11.3 Å². The lowest BCUT2D eigenvalue weighted by atomic mass is 9.87. The number of aromatic hydroxyl groups is 1. The highest BCUT2D eigenvalue weighted by molar-refractivity contribution is 5.49. The normalized spacial score (nSPS) is 13.0. The molecule has 106 valence electrons. The number of para-hydroxylation sites is 1. The van der Waals surface area contributed by atoms with Crippen LogP contribution in [0.15, 0.2) is 48.5 Å². The summed E-state index contributed by atoms with van der Waals surface area (Å²) in [4.78, 5) is 0. The maximum atomic E-state index is 9.87. The van der Waals surface area contributed by atoms with E-state index in [1.165, 1.54) is 5.56 Å². The fourth-order valence-electron chi connectivity index (χ4n) is 2.25. The topological polar surface area (TPSA) is 32.3 Å². The molecule has 0 amide bonds. The summed E-state index contributed by atoms with van der Waals surface area (Å²) in [7, 11) is 0. The highest BCUT2D eigenvalue weighted by Crippen LogP contribution is 2.28. The summed E-state index contributed by atoms with van der Waals surface area (Å²) in [5, 5.41) is 13.3. The third kappa shape index (κ3) is 3.32. The minimum Gasteiger partial charge on any atom is -0.508 e. The Morgan fingerprint density at radius 3 is 2.10 bits per heavy atom. The van der Waals surface area contributed by atoms with E-state index in [1.54, 1.807) is 6.07 Å². The molecular formula is C18H23NO. The van der Waals surface area contributed by atoms with Crippen LogP contribution in [0, 0.1) is 0 Å². The predicted molar refractivity (Wildman–Crippen MR) is 85.3 cm³/mol. The van der Waals surface area contributed by atoms with Crippen molar-refractivity contribution in [3.05, 3.63) is 59.7 Å². The molecule has 0 aliphatic rings. The minimum atomic E-state index is 0.0664. The van der Waals surface area contributed by atoms with Crippen molar-refractivity contribution >= 4 is 5.69 Å². The number of phenolic OH excluding ortho intramolecular Hbond substituents is 1. The van der Waals surface area contributed by atoms with Crippen molar-refractivity contribution < 1.29 is 5.11 Å². The molecule has 2 aromatic carbocycles. The maximum absolute atomic E-state index is 9.87.